The number of hydrogen-bond donors (Lipinski definition) is 0. The number of hydrogen-bond acceptors (Lipinski definition) is 3. The van der Waals surface area contributed by atoms with Crippen molar-refractivity contribution in [3.05, 3.63) is 44.9 Å². The summed E-state index contributed by atoms with van der Waals surface area (Å²) >= 11 is 17.7. The molecule has 0 bridgehead atoms. The lowest BCUT2D eigenvalue weighted by atomic mass is 10.1. The van der Waals surface area contributed by atoms with Crippen molar-refractivity contribution in [2.24, 2.45) is 0 Å². The normalized spacial score (nSPS) is 10.8. The zero-order valence-electron chi connectivity index (χ0n) is 10.9. The maximum Gasteiger partial charge on any atom is 0.142 e. The fourth-order valence-corrected chi connectivity index (χ4v) is 3.33. The van der Waals surface area contributed by atoms with Crippen LogP contribution in [0.25, 0.3) is 11.1 Å². The molecular formula is C14H13BrCl2N2S. The van der Waals surface area contributed by atoms with Gasteiger partial charge in [-0.1, -0.05) is 58.2 Å². The first kappa shape index (κ1) is 16.1. The van der Waals surface area contributed by atoms with Crippen LogP contribution in [0.1, 0.15) is 19.2 Å². The van der Waals surface area contributed by atoms with Crippen LogP contribution in [0.4, 0.5) is 0 Å². The third-order valence-electron chi connectivity index (χ3n) is 2.58. The van der Waals surface area contributed by atoms with E-state index >= 15 is 0 Å². The van der Waals surface area contributed by atoms with Gasteiger partial charge in [-0.05, 0) is 29.9 Å². The molecule has 0 saturated carbocycles. The van der Waals surface area contributed by atoms with E-state index in [1.54, 1.807) is 11.8 Å². The summed E-state index contributed by atoms with van der Waals surface area (Å²) in [6, 6.07) is 7.75. The SMILES string of the molecule is CCCSCc1nc(Cl)c(-c2ccc(Br)cc2)c(Cl)n1. The Kier molecular flexibility index (Phi) is 6.15. The zero-order chi connectivity index (χ0) is 14.5. The minimum Gasteiger partial charge on any atom is -0.220 e. The maximum atomic E-state index is 6.27. The van der Waals surface area contributed by atoms with Gasteiger partial charge in [0.15, 0.2) is 0 Å². The summed E-state index contributed by atoms with van der Waals surface area (Å²) in [6.07, 6.45) is 1.13. The topological polar surface area (TPSA) is 25.8 Å². The van der Waals surface area contributed by atoms with Crippen molar-refractivity contribution in [3.63, 3.8) is 0 Å². The van der Waals surface area contributed by atoms with Gasteiger partial charge >= 0.3 is 0 Å². The van der Waals surface area contributed by atoms with Crippen LogP contribution in [0, 0.1) is 0 Å². The van der Waals surface area contributed by atoms with Gasteiger partial charge in [-0.2, -0.15) is 11.8 Å². The van der Waals surface area contributed by atoms with Crippen molar-refractivity contribution < 1.29 is 0 Å². The highest BCUT2D eigenvalue weighted by molar-refractivity contribution is 9.10. The monoisotopic (exact) mass is 390 g/mol. The van der Waals surface area contributed by atoms with Crippen LogP contribution in [0.5, 0.6) is 0 Å². The van der Waals surface area contributed by atoms with E-state index in [-0.39, 0.29) is 0 Å². The highest BCUT2D eigenvalue weighted by Gasteiger charge is 2.13. The Morgan fingerprint density at radius 3 is 2.25 bits per heavy atom. The molecule has 0 N–H and O–H groups in total. The summed E-state index contributed by atoms with van der Waals surface area (Å²) in [5.41, 5.74) is 1.60. The Balaban J connectivity index is 2.29. The minimum atomic E-state index is 0.402. The van der Waals surface area contributed by atoms with Gasteiger partial charge < -0.3 is 0 Å². The van der Waals surface area contributed by atoms with Crippen LogP contribution in [0.3, 0.4) is 0 Å². The summed E-state index contributed by atoms with van der Waals surface area (Å²) in [7, 11) is 0. The van der Waals surface area contributed by atoms with Crippen molar-refractivity contribution >= 4 is 50.9 Å². The van der Waals surface area contributed by atoms with Crippen LogP contribution in [0.2, 0.25) is 10.3 Å². The molecule has 0 fully saturated rings. The Morgan fingerprint density at radius 2 is 1.70 bits per heavy atom. The molecule has 1 aromatic heterocycles. The molecule has 1 heterocycles. The summed E-state index contributed by atoms with van der Waals surface area (Å²) in [5, 5.41) is 0.804. The van der Waals surface area contributed by atoms with E-state index in [0.717, 1.165) is 28.0 Å². The zero-order valence-corrected chi connectivity index (χ0v) is 14.8. The molecule has 0 atom stereocenters. The van der Waals surface area contributed by atoms with Gasteiger partial charge in [-0.25, -0.2) is 9.97 Å². The van der Waals surface area contributed by atoms with E-state index in [0.29, 0.717) is 21.7 Å². The van der Waals surface area contributed by atoms with Crippen molar-refractivity contribution in [2.75, 3.05) is 5.75 Å². The van der Waals surface area contributed by atoms with Crippen LogP contribution in [0.15, 0.2) is 28.7 Å². The number of nitrogens with zero attached hydrogens (tertiary/aromatic N) is 2. The minimum absolute atomic E-state index is 0.402. The Labute approximate surface area is 141 Å². The second-order valence-electron chi connectivity index (χ2n) is 4.16. The maximum absolute atomic E-state index is 6.27. The molecule has 2 nitrogen and oxygen atoms in total. The number of benzene rings is 1. The molecule has 2 aromatic rings. The first-order valence-corrected chi connectivity index (χ1v) is 8.87. The van der Waals surface area contributed by atoms with Crippen LogP contribution >= 0.6 is 50.9 Å². The molecule has 0 amide bonds. The molecule has 0 radical (unpaired) electrons. The van der Waals surface area contributed by atoms with Crippen molar-refractivity contribution in [2.45, 2.75) is 19.1 Å². The highest BCUT2D eigenvalue weighted by Crippen LogP contribution is 2.33. The molecule has 0 aliphatic carbocycles. The van der Waals surface area contributed by atoms with E-state index in [2.05, 4.69) is 32.8 Å². The van der Waals surface area contributed by atoms with Gasteiger partial charge in [0, 0.05) is 4.47 Å². The van der Waals surface area contributed by atoms with Crippen molar-refractivity contribution in [1.82, 2.24) is 9.97 Å². The van der Waals surface area contributed by atoms with Crippen molar-refractivity contribution in [1.29, 1.82) is 0 Å². The largest absolute Gasteiger partial charge is 0.220 e. The molecule has 0 aliphatic heterocycles. The fourth-order valence-electron chi connectivity index (χ4n) is 1.68. The van der Waals surface area contributed by atoms with Crippen molar-refractivity contribution in [3.8, 4) is 11.1 Å². The van der Waals surface area contributed by atoms with E-state index in [9.17, 15) is 0 Å². The second kappa shape index (κ2) is 7.64. The van der Waals surface area contributed by atoms with Crippen LogP contribution in [-0.4, -0.2) is 15.7 Å². The predicted octanol–water partition coefficient (Wildman–Crippen LogP) is 5.86. The lowest BCUT2D eigenvalue weighted by Gasteiger charge is -2.08. The van der Waals surface area contributed by atoms with Gasteiger partial charge in [0.1, 0.15) is 16.1 Å². The number of aromatic nitrogens is 2. The molecule has 0 spiro atoms. The van der Waals surface area contributed by atoms with E-state index in [1.165, 1.54) is 0 Å². The van der Waals surface area contributed by atoms with E-state index < -0.39 is 0 Å². The Hall–Kier alpha value is -0.290. The number of thioether (sulfide) groups is 1. The standard InChI is InChI=1S/C14H13BrCl2N2S/c1-2-7-20-8-11-18-13(16)12(14(17)19-11)9-3-5-10(15)6-4-9/h3-6H,2,7-8H2,1H3. The molecule has 0 unspecified atom stereocenters. The summed E-state index contributed by atoms with van der Waals surface area (Å²) in [4.78, 5) is 8.68. The third-order valence-corrected chi connectivity index (χ3v) is 4.81. The first-order chi connectivity index (χ1) is 9.61. The first-order valence-electron chi connectivity index (χ1n) is 6.17. The molecular weight excluding hydrogens is 379 g/mol. The fraction of sp³-hybridized carbons (Fsp3) is 0.286. The third kappa shape index (κ3) is 4.10. The number of halogens is 3. The van der Waals surface area contributed by atoms with Crippen LogP contribution < -0.4 is 0 Å². The molecule has 106 valence electrons. The van der Waals surface area contributed by atoms with Crippen LogP contribution in [-0.2, 0) is 5.75 Å². The molecule has 1 aromatic carbocycles. The van der Waals surface area contributed by atoms with Gasteiger partial charge in [-0.15, -0.1) is 0 Å². The summed E-state index contributed by atoms with van der Waals surface area (Å²) in [5.74, 6) is 2.49. The van der Waals surface area contributed by atoms with Gasteiger partial charge in [0.25, 0.3) is 0 Å². The van der Waals surface area contributed by atoms with E-state index in [1.807, 2.05) is 24.3 Å². The average Bonchev–Trinajstić information content (AvgIpc) is 2.40. The molecule has 0 aliphatic rings. The van der Waals surface area contributed by atoms with E-state index in [4.69, 9.17) is 23.2 Å². The Bertz CT molecular complexity index is 567. The molecule has 20 heavy (non-hydrogen) atoms. The molecule has 6 heteroatoms. The van der Waals surface area contributed by atoms with Gasteiger partial charge in [-0.3, -0.25) is 0 Å². The number of rotatable bonds is 5. The lowest BCUT2D eigenvalue weighted by molar-refractivity contribution is 1.03. The Morgan fingerprint density at radius 1 is 1.10 bits per heavy atom. The predicted molar refractivity (Wildman–Crippen MR) is 91.6 cm³/mol. The summed E-state index contributed by atoms with van der Waals surface area (Å²) < 4.78 is 1.00. The molecule has 0 saturated heterocycles. The molecule has 2 rings (SSSR count). The smallest absolute Gasteiger partial charge is 0.142 e. The second-order valence-corrected chi connectivity index (χ2v) is 6.89. The highest BCUT2D eigenvalue weighted by atomic mass is 79.9. The van der Waals surface area contributed by atoms with Gasteiger partial charge in [0.2, 0.25) is 0 Å². The average molecular weight is 392 g/mol. The lowest BCUT2D eigenvalue weighted by Crippen LogP contribution is -1.97. The quantitative estimate of drug-likeness (QED) is 0.471. The summed E-state index contributed by atoms with van der Waals surface area (Å²) in [6.45, 7) is 2.14. The van der Waals surface area contributed by atoms with Gasteiger partial charge in [0.05, 0.1) is 11.3 Å².